The van der Waals surface area contributed by atoms with Crippen molar-refractivity contribution in [2.24, 2.45) is 5.92 Å². The van der Waals surface area contributed by atoms with Crippen LogP contribution in [-0.4, -0.2) is 75.1 Å². The first kappa shape index (κ1) is 36.3. The predicted molar refractivity (Wildman–Crippen MR) is 212 cm³/mol. The Morgan fingerprint density at radius 1 is 0.907 bits per heavy atom. The fourth-order valence-corrected chi connectivity index (χ4v) is 9.83. The van der Waals surface area contributed by atoms with Crippen molar-refractivity contribution in [3.05, 3.63) is 107 Å². The molecule has 5 heterocycles. The quantitative estimate of drug-likeness (QED) is 0.0640. The number of rotatable bonds is 14. The van der Waals surface area contributed by atoms with Crippen molar-refractivity contribution < 1.29 is 19.5 Å². The number of hydrogen-bond acceptors (Lipinski definition) is 9. The molecule has 4 N–H and O–H groups in total. The van der Waals surface area contributed by atoms with Crippen LogP contribution in [0.15, 0.2) is 90.1 Å². The summed E-state index contributed by atoms with van der Waals surface area (Å²) in [6.45, 7) is 3.32. The molecular weight excluding hydrogens is 697 g/mol. The van der Waals surface area contributed by atoms with E-state index in [0.29, 0.717) is 24.4 Å². The van der Waals surface area contributed by atoms with Crippen molar-refractivity contribution in [3.63, 3.8) is 0 Å². The second-order valence-electron chi connectivity index (χ2n) is 14.9. The molecule has 0 bridgehead atoms. The Bertz CT molecular complexity index is 2010. The number of aromatic nitrogens is 1. The first-order valence-electron chi connectivity index (χ1n) is 19.3. The fourth-order valence-electron chi connectivity index (χ4n) is 8.73. The van der Waals surface area contributed by atoms with Gasteiger partial charge < -0.3 is 20.6 Å². The summed E-state index contributed by atoms with van der Waals surface area (Å²) in [5, 5.41) is 19.9. The molecule has 1 unspecified atom stereocenters. The van der Waals surface area contributed by atoms with Crippen LogP contribution in [0.3, 0.4) is 0 Å². The van der Waals surface area contributed by atoms with E-state index in [4.69, 9.17) is 0 Å². The van der Waals surface area contributed by atoms with Gasteiger partial charge >= 0.3 is 0 Å². The molecule has 4 aromatic rings. The number of nitrogens with one attached hydrogen (secondary N) is 3. The second-order valence-corrected chi connectivity index (χ2v) is 16.0. The van der Waals surface area contributed by atoms with E-state index < -0.39 is 6.04 Å². The van der Waals surface area contributed by atoms with E-state index in [1.807, 2.05) is 24.5 Å². The number of hydrogen-bond donors (Lipinski definition) is 4. The largest absolute Gasteiger partial charge is 0.394 e. The third-order valence-electron chi connectivity index (χ3n) is 11.5. The summed E-state index contributed by atoms with van der Waals surface area (Å²) in [4.78, 5) is 46.7. The molecule has 8 rings (SSSR count). The van der Waals surface area contributed by atoms with Crippen LogP contribution in [0.25, 0.3) is 11.1 Å². The minimum atomic E-state index is -0.589. The highest BCUT2D eigenvalue weighted by molar-refractivity contribution is 7.99. The van der Waals surface area contributed by atoms with Crippen molar-refractivity contribution in [2.75, 3.05) is 36.1 Å². The van der Waals surface area contributed by atoms with E-state index in [2.05, 4.69) is 86.5 Å². The first-order chi connectivity index (χ1) is 26.5. The molecule has 2 fully saturated rings. The molecule has 0 saturated carbocycles. The van der Waals surface area contributed by atoms with E-state index in [1.54, 1.807) is 16.7 Å². The molecule has 0 aliphatic carbocycles. The molecule has 0 radical (unpaired) electrons. The van der Waals surface area contributed by atoms with Gasteiger partial charge in [-0.2, -0.15) is 0 Å². The van der Waals surface area contributed by atoms with Crippen LogP contribution < -0.4 is 16.0 Å². The highest BCUT2D eigenvalue weighted by Crippen LogP contribution is 2.48. The van der Waals surface area contributed by atoms with Gasteiger partial charge in [0.25, 0.3) is 5.91 Å². The summed E-state index contributed by atoms with van der Waals surface area (Å²) in [5.41, 5.74) is 8.87. The summed E-state index contributed by atoms with van der Waals surface area (Å²) in [6, 6.07) is 25.2. The van der Waals surface area contributed by atoms with Gasteiger partial charge in [-0.05, 0) is 114 Å². The monoisotopic (exact) mass is 744 g/mol. The minimum absolute atomic E-state index is 0.0542. The number of fused-ring (bicyclic) bond motifs is 4. The van der Waals surface area contributed by atoms with Crippen molar-refractivity contribution in [1.82, 2.24) is 20.1 Å². The SMILES string of the molecule is O=C1CCC(N2Cc3c(SCCCCCCNc4cccc(-c5ccc6c(c5)[C@H]5[C@H](CCN5Cc5ccncc5)[C@@H](CO)N6)c4)cccc3C2=O)C(=O)N1. The lowest BCUT2D eigenvalue weighted by molar-refractivity contribution is -0.136. The highest BCUT2D eigenvalue weighted by atomic mass is 32.2. The molecule has 4 aliphatic rings. The van der Waals surface area contributed by atoms with Gasteiger partial charge in [0.15, 0.2) is 0 Å². The number of thioether (sulfide) groups is 1. The average molecular weight is 745 g/mol. The van der Waals surface area contributed by atoms with E-state index >= 15 is 0 Å². The lowest BCUT2D eigenvalue weighted by atomic mass is 9.82. The number of benzene rings is 3. The van der Waals surface area contributed by atoms with Crippen molar-refractivity contribution in [1.29, 1.82) is 0 Å². The molecule has 1 aromatic heterocycles. The third-order valence-corrected chi connectivity index (χ3v) is 12.7. The summed E-state index contributed by atoms with van der Waals surface area (Å²) < 4.78 is 0. The first-order valence-corrected chi connectivity index (χ1v) is 20.3. The maximum absolute atomic E-state index is 13.1. The zero-order valence-corrected chi connectivity index (χ0v) is 31.3. The van der Waals surface area contributed by atoms with Crippen molar-refractivity contribution >= 4 is 40.9 Å². The second kappa shape index (κ2) is 16.3. The molecule has 3 aromatic carbocycles. The van der Waals surface area contributed by atoms with Crippen LogP contribution in [0.5, 0.6) is 0 Å². The van der Waals surface area contributed by atoms with Crippen LogP contribution in [0.2, 0.25) is 0 Å². The smallest absolute Gasteiger partial charge is 0.255 e. The number of unbranched alkanes of at least 4 members (excludes halogenated alkanes) is 3. The number of likely N-dealkylation sites (tertiary alicyclic amines) is 1. The topological polar surface area (TPSA) is 127 Å². The van der Waals surface area contributed by atoms with Gasteiger partial charge in [-0.1, -0.05) is 37.1 Å². The number of carbonyl (C=O) groups is 3. The van der Waals surface area contributed by atoms with Crippen LogP contribution in [0, 0.1) is 5.92 Å². The Labute approximate surface area is 321 Å². The average Bonchev–Trinajstić information content (AvgIpc) is 3.77. The highest BCUT2D eigenvalue weighted by Gasteiger charge is 2.44. The fraction of sp³-hybridized carbons (Fsp3) is 0.395. The normalized spacial score (nSPS) is 22.0. The predicted octanol–water partition coefficient (Wildman–Crippen LogP) is 6.62. The molecule has 4 aliphatic heterocycles. The zero-order chi connectivity index (χ0) is 37.0. The molecule has 10 nitrogen and oxygen atoms in total. The Morgan fingerprint density at radius 3 is 2.59 bits per heavy atom. The number of aliphatic hydroxyl groups excluding tert-OH is 1. The van der Waals surface area contributed by atoms with Crippen molar-refractivity contribution in [2.45, 2.75) is 81.1 Å². The zero-order valence-electron chi connectivity index (χ0n) is 30.5. The molecule has 0 spiro atoms. The standard InChI is InChI=1S/C43H48N6O4S/c50-27-37-33-17-21-48(25-28-15-19-44-20-16-28)41(33)34-24-30(11-12-36(34)46-37)29-7-5-8-31(23-29)45-18-3-1-2-4-22-54-39-10-6-9-32-35(39)26-49(43(32)53)38-13-14-40(51)47-42(38)52/h5-12,15-16,19-20,23-24,33,37-38,41,45-46,50H,1-4,13-14,17-18,21-22,25-27H2,(H,47,51,52)/t33-,37-,38?,41-/m1/s1. The number of anilines is 2. The van der Waals surface area contributed by atoms with E-state index in [1.165, 1.54) is 22.3 Å². The van der Waals surface area contributed by atoms with Crippen LogP contribution in [0.1, 0.15) is 78.0 Å². The summed E-state index contributed by atoms with van der Waals surface area (Å²) in [5.74, 6) is 0.559. The number of carbonyl (C=O) groups excluding carboxylic acids is 3. The number of aliphatic hydroxyl groups is 1. The number of nitrogens with zero attached hydrogens (tertiary/aromatic N) is 3. The van der Waals surface area contributed by atoms with Gasteiger partial charge in [0.05, 0.1) is 12.6 Å². The number of piperidine rings is 1. The molecular formula is C43H48N6O4S. The Kier molecular flexibility index (Phi) is 11.0. The Balaban J connectivity index is 0.817. The number of imide groups is 1. The molecule has 54 heavy (non-hydrogen) atoms. The van der Waals surface area contributed by atoms with Crippen LogP contribution in [-0.2, 0) is 22.7 Å². The maximum Gasteiger partial charge on any atom is 0.255 e. The summed E-state index contributed by atoms with van der Waals surface area (Å²) >= 11 is 1.78. The number of amides is 3. The lowest BCUT2D eigenvalue weighted by Crippen LogP contribution is -2.52. The van der Waals surface area contributed by atoms with E-state index in [-0.39, 0.29) is 42.8 Å². The van der Waals surface area contributed by atoms with Gasteiger partial charge in [-0.25, -0.2) is 0 Å². The molecule has 4 atom stereocenters. The lowest BCUT2D eigenvalue weighted by Gasteiger charge is -2.39. The van der Waals surface area contributed by atoms with Gasteiger partial charge in [-0.15, -0.1) is 11.8 Å². The van der Waals surface area contributed by atoms with E-state index in [0.717, 1.165) is 79.3 Å². The van der Waals surface area contributed by atoms with Gasteiger partial charge in [-0.3, -0.25) is 29.6 Å². The van der Waals surface area contributed by atoms with E-state index in [9.17, 15) is 19.5 Å². The summed E-state index contributed by atoms with van der Waals surface area (Å²) in [7, 11) is 0. The van der Waals surface area contributed by atoms with Gasteiger partial charge in [0, 0.05) is 72.2 Å². The summed E-state index contributed by atoms with van der Waals surface area (Å²) in [6.07, 6.45) is 9.84. The Hall–Kier alpha value is -4.71. The third kappa shape index (κ3) is 7.62. The minimum Gasteiger partial charge on any atom is -0.394 e. The van der Waals surface area contributed by atoms with Gasteiger partial charge in [0.1, 0.15) is 6.04 Å². The molecule has 280 valence electrons. The Morgan fingerprint density at radius 2 is 1.74 bits per heavy atom. The molecule has 2 saturated heterocycles. The maximum atomic E-state index is 13.1. The molecule has 11 heteroatoms. The molecule has 3 amide bonds. The van der Waals surface area contributed by atoms with Gasteiger partial charge in [0.2, 0.25) is 11.8 Å². The number of pyridine rings is 1. The van der Waals surface area contributed by atoms with Crippen LogP contribution in [0.4, 0.5) is 11.4 Å². The van der Waals surface area contributed by atoms with Crippen molar-refractivity contribution in [3.8, 4) is 11.1 Å². The van der Waals surface area contributed by atoms with Crippen LogP contribution >= 0.6 is 11.8 Å².